The van der Waals surface area contributed by atoms with E-state index >= 15 is 0 Å². The smallest absolute Gasteiger partial charge is 0.253 e. The van der Waals surface area contributed by atoms with E-state index in [1.807, 2.05) is 24.3 Å². The van der Waals surface area contributed by atoms with Gasteiger partial charge in [0.05, 0.1) is 11.3 Å². The first kappa shape index (κ1) is 15.5. The fourth-order valence-corrected chi connectivity index (χ4v) is 3.06. The molecule has 4 nitrogen and oxygen atoms in total. The van der Waals surface area contributed by atoms with Crippen molar-refractivity contribution in [3.63, 3.8) is 0 Å². The summed E-state index contributed by atoms with van der Waals surface area (Å²) in [5.41, 5.74) is 2.68. The van der Waals surface area contributed by atoms with Crippen molar-refractivity contribution in [3.8, 4) is 0 Å². The van der Waals surface area contributed by atoms with Gasteiger partial charge in [-0.1, -0.05) is 43.2 Å². The average molecular weight is 309 g/mol. The van der Waals surface area contributed by atoms with Crippen LogP contribution in [0.3, 0.4) is 0 Å². The van der Waals surface area contributed by atoms with Gasteiger partial charge in [-0.3, -0.25) is 9.78 Å². The van der Waals surface area contributed by atoms with Crippen LogP contribution in [0.25, 0.3) is 0 Å². The Balaban J connectivity index is 1.66. The molecular weight excluding hydrogens is 286 g/mol. The van der Waals surface area contributed by atoms with Gasteiger partial charge in [0.1, 0.15) is 0 Å². The summed E-state index contributed by atoms with van der Waals surface area (Å²) in [6, 6.07) is 12.6. The molecule has 0 aliphatic heterocycles. The summed E-state index contributed by atoms with van der Waals surface area (Å²) in [6.07, 6.45) is 7.97. The summed E-state index contributed by atoms with van der Waals surface area (Å²) in [6.45, 7) is 2.10. The van der Waals surface area contributed by atoms with Crippen molar-refractivity contribution in [2.45, 2.75) is 44.7 Å². The molecule has 1 atom stereocenters. The van der Waals surface area contributed by atoms with E-state index in [0.717, 1.165) is 18.5 Å². The number of carbonyl (C=O) groups is 1. The Labute approximate surface area is 137 Å². The second-order valence-corrected chi connectivity index (χ2v) is 6.19. The Hall–Kier alpha value is -2.36. The van der Waals surface area contributed by atoms with Crippen molar-refractivity contribution in [3.05, 3.63) is 59.9 Å². The van der Waals surface area contributed by atoms with Crippen molar-refractivity contribution in [1.29, 1.82) is 0 Å². The number of nitrogens with zero attached hydrogens (tertiary/aromatic N) is 1. The highest BCUT2D eigenvalue weighted by Crippen LogP contribution is 2.20. The normalized spacial score (nSPS) is 16.0. The molecule has 1 aliphatic carbocycles. The summed E-state index contributed by atoms with van der Waals surface area (Å²) < 4.78 is 0. The highest BCUT2D eigenvalue weighted by molar-refractivity contribution is 5.94. The Morgan fingerprint density at radius 1 is 1.17 bits per heavy atom. The van der Waals surface area contributed by atoms with Crippen LogP contribution in [0.1, 0.15) is 54.6 Å². The van der Waals surface area contributed by atoms with Crippen molar-refractivity contribution < 1.29 is 4.79 Å². The van der Waals surface area contributed by atoms with Crippen LogP contribution in [0, 0.1) is 0 Å². The minimum atomic E-state index is -0.0274. The molecule has 1 saturated carbocycles. The molecule has 3 rings (SSSR count). The molecule has 1 fully saturated rings. The first-order valence-corrected chi connectivity index (χ1v) is 8.30. The summed E-state index contributed by atoms with van der Waals surface area (Å²) >= 11 is 0. The van der Waals surface area contributed by atoms with Crippen LogP contribution in [-0.2, 0) is 0 Å². The largest absolute Gasteiger partial charge is 0.377 e. The van der Waals surface area contributed by atoms with Crippen LogP contribution in [0.5, 0.6) is 0 Å². The zero-order chi connectivity index (χ0) is 16.1. The van der Waals surface area contributed by atoms with E-state index in [9.17, 15) is 4.79 Å². The van der Waals surface area contributed by atoms with Gasteiger partial charge in [0.15, 0.2) is 0 Å². The number of anilines is 1. The van der Waals surface area contributed by atoms with Gasteiger partial charge < -0.3 is 10.6 Å². The number of carbonyl (C=O) groups excluding carboxylic acids is 1. The number of rotatable bonds is 5. The summed E-state index contributed by atoms with van der Waals surface area (Å²) in [5, 5.41) is 6.51. The molecule has 0 saturated heterocycles. The third-order valence-corrected chi connectivity index (χ3v) is 4.37. The summed E-state index contributed by atoms with van der Waals surface area (Å²) in [7, 11) is 0. The lowest BCUT2D eigenvalue weighted by molar-refractivity contribution is 0.0937. The molecule has 0 radical (unpaired) electrons. The molecule has 1 aromatic heterocycles. The Morgan fingerprint density at radius 2 is 1.91 bits per heavy atom. The van der Waals surface area contributed by atoms with Gasteiger partial charge in [-0.2, -0.15) is 0 Å². The van der Waals surface area contributed by atoms with Crippen molar-refractivity contribution in [2.75, 3.05) is 5.32 Å². The maximum Gasteiger partial charge on any atom is 0.253 e. The van der Waals surface area contributed by atoms with Crippen LogP contribution < -0.4 is 10.6 Å². The summed E-state index contributed by atoms with van der Waals surface area (Å²) in [5.74, 6) is -0.0274. The maximum atomic E-state index is 12.3. The molecule has 0 spiro atoms. The topological polar surface area (TPSA) is 54.0 Å². The molecule has 1 amide bonds. The molecule has 1 heterocycles. The van der Waals surface area contributed by atoms with E-state index < -0.39 is 0 Å². The van der Waals surface area contributed by atoms with Gasteiger partial charge in [0.2, 0.25) is 0 Å². The third-order valence-electron chi connectivity index (χ3n) is 4.37. The third kappa shape index (κ3) is 4.09. The predicted octanol–water partition coefficient (Wildman–Crippen LogP) is 3.93. The SMILES string of the molecule is CC(Nc1cncc(C(=O)NC2CCCC2)c1)c1ccccc1. The van der Waals surface area contributed by atoms with E-state index in [1.165, 1.54) is 18.4 Å². The molecule has 1 aliphatic rings. The zero-order valence-electron chi connectivity index (χ0n) is 13.5. The van der Waals surface area contributed by atoms with E-state index in [-0.39, 0.29) is 11.9 Å². The highest BCUT2D eigenvalue weighted by atomic mass is 16.1. The monoisotopic (exact) mass is 309 g/mol. The molecule has 4 heteroatoms. The van der Waals surface area contributed by atoms with E-state index in [2.05, 4.69) is 34.7 Å². The fraction of sp³-hybridized carbons (Fsp3) is 0.368. The van der Waals surface area contributed by atoms with Gasteiger partial charge in [-0.15, -0.1) is 0 Å². The lowest BCUT2D eigenvalue weighted by Crippen LogP contribution is -2.32. The number of aromatic nitrogens is 1. The molecular formula is C19H23N3O. The summed E-state index contributed by atoms with van der Waals surface area (Å²) in [4.78, 5) is 16.5. The second-order valence-electron chi connectivity index (χ2n) is 6.19. The Morgan fingerprint density at radius 3 is 2.65 bits per heavy atom. The minimum absolute atomic E-state index is 0.0274. The first-order chi connectivity index (χ1) is 11.2. The second kappa shape index (κ2) is 7.27. The molecule has 1 unspecified atom stereocenters. The fourth-order valence-electron chi connectivity index (χ4n) is 3.06. The minimum Gasteiger partial charge on any atom is -0.377 e. The number of amides is 1. The van der Waals surface area contributed by atoms with Crippen molar-refractivity contribution in [1.82, 2.24) is 10.3 Å². The lowest BCUT2D eigenvalue weighted by Gasteiger charge is -2.16. The van der Waals surface area contributed by atoms with Crippen LogP contribution in [0.4, 0.5) is 5.69 Å². The van der Waals surface area contributed by atoms with E-state index in [0.29, 0.717) is 11.6 Å². The molecule has 120 valence electrons. The lowest BCUT2D eigenvalue weighted by atomic mass is 10.1. The van der Waals surface area contributed by atoms with E-state index in [1.54, 1.807) is 12.4 Å². The Kier molecular flexibility index (Phi) is 4.91. The molecule has 2 N–H and O–H groups in total. The predicted molar refractivity (Wildman–Crippen MR) is 92.4 cm³/mol. The molecule has 1 aromatic carbocycles. The van der Waals surface area contributed by atoms with Crippen molar-refractivity contribution >= 4 is 11.6 Å². The first-order valence-electron chi connectivity index (χ1n) is 8.30. The zero-order valence-corrected chi connectivity index (χ0v) is 13.5. The highest BCUT2D eigenvalue weighted by Gasteiger charge is 2.18. The number of hydrogen-bond donors (Lipinski definition) is 2. The van der Waals surface area contributed by atoms with Gasteiger partial charge >= 0.3 is 0 Å². The number of benzene rings is 1. The van der Waals surface area contributed by atoms with Crippen LogP contribution in [0.15, 0.2) is 48.8 Å². The molecule has 0 bridgehead atoms. The maximum absolute atomic E-state index is 12.3. The molecule has 2 aromatic rings. The van der Waals surface area contributed by atoms with Gasteiger partial charge in [0, 0.05) is 24.5 Å². The van der Waals surface area contributed by atoms with Gasteiger partial charge in [0.25, 0.3) is 5.91 Å². The number of pyridine rings is 1. The van der Waals surface area contributed by atoms with Gasteiger partial charge in [-0.25, -0.2) is 0 Å². The number of hydrogen-bond acceptors (Lipinski definition) is 3. The average Bonchev–Trinajstić information content (AvgIpc) is 3.09. The molecule has 23 heavy (non-hydrogen) atoms. The van der Waals surface area contributed by atoms with Crippen LogP contribution in [0.2, 0.25) is 0 Å². The quantitative estimate of drug-likeness (QED) is 0.880. The van der Waals surface area contributed by atoms with Crippen molar-refractivity contribution in [2.24, 2.45) is 0 Å². The Bertz CT molecular complexity index is 651. The number of nitrogens with one attached hydrogen (secondary N) is 2. The standard InChI is InChI=1S/C19H23N3O/c1-14(15-7-3-2-4-8-15)21-18-11-16(12-20-13-18)19(23)22-17-9-5-6-10-17/h2-4,7-8,11-14,17,21H,5-6,9-10H2,1H3,(H,22,23). The van der Waals surface area contributed by atoms with Crippen LogP contribution >= 0.6 is 0 Å². The van der Waals surface area contributed by atoms with Crippen LogP contribution in [-0.4, -0.2) is 16.9 Å². The van der Waals surface area contributed by atoms with E-state index in [4.69, 9.17) is 0 Å². The van der Waals surface area contributed by atoms with Gasteiger partial charge in [-0.05, 0) is 31.4 Å².